The molecule has 2 rings (SSSR count). The third kappa shape index (κ3) is 8.35. The molecule has 2 atom stereocenters. The molecule has 0 radical (unpaired) electrons. The molecule has 1 aromatic carbocycles. The van der Waals surface area contributed by atoms with Gasteiger partial charge in [0.15, 0.2) is 6.04 Å². The fraction of sp³-hybridized carbons (Fsp3) is 0.600. The molecule has 0 spiro atoms. The van der Waals surface area contributed by atoms with Crippen molar-refractivity contribution in [2.45, 2.75) is 71.6 Å². The lowest BCUT2D eigenvalue weighted by molar-refractivity contribution is -0.143. The standard InChI is InChI=1S/C25H37N3O6/c1-16(2)15-19(26-24(33)34-25(3,4)5)22(30)28-13-11-18(12-14-28)21(29)27-20(23(31)32)17-9-7-6-8-10-17/h6-10,16,18-20H,11-15H2,1-5H3,(H,26,33)(H,27,29)(H,31,32)/t19-,20-/m0/s1. The maximum atomic E-state index is 13.1. The molecule has 188 valence electrons. The van der Waals surface area contributed by atoms with E-state index in [0.717, 1.165) is 0 Å². The van der Waals surface area contributed by atoms with Crippen molar-refractivity contribution in [2.24, 2.45) is 11.8 Å². The lowest BCUT2D eigenvalue weighted by Crippen LogP contribution is -2.53. The summed E-state index contributed by atoms with van der Waals surface area (Å²) in [5, 5.41) is 14.9. The molecular weight excluding hydrogens is 438 g/mol. The molecule has 0 aromatic heterocycles. The first-order chi connectivity index (χ1) is 15.9. The number of ether oxygens (including phenoxy) is 1. The van der Waals surface area contributed by atoms with E-state index in [1.807, 2.05) is 13.8 Å². The number of carboxylic acids is 1. The van der Waals surface area contributed by atoms with E-state index in [1.54, 1.807) is 56.0 Å². The molecule has 1 saturated heterocycles. The lowest BCUT2D eigenvalue weighted by atomic mass is 9.94. The highest BCUT2D eigenvalue weighted by atomic mass is 16.6. The summed E-state index contributed by atoms with van der Waals surface area (Å²) in [5.74, 6) is -1.88. The zero-order valence-corrected chi connectivity index (χ0v) is 20.7. The predicted molar refractivity (Wildman–Crippen MR) is 127 cm³/mol. The maximum absolute atomic E-state index is 13.1. The molecule has 1 heterocycles. The van der Waals surface area contributed by atoms with E-state index in [0.29, 0.717) is 37.9 Å². The van der Waals surface area contributed by atoms with E-state index in [4.69, 9.17) is 4.74 Å². The molecule has 34 heavy (non-hydrogen) atoms. The van der Waals surface area contributed by atoms with Gasteiger partial charge in [-0.3, -0.25) is 9.59 Å². The maximum Gasteiger partial charge on any atom is 0.408 e. The minimum atomic E-state index is -1.13. The topological polar surface area (TPSA) is 125 Å². The Morgan fingerprint density at radius 1 is 1.06 bits per heavy atom. The molecule has 1 aliphatic rings. The van der Waals surface area contributed by atoms with Gasteiger partial charge in [-0.15, -0.1) is 0 Å². The van der Waals surface area contributed by atoms with Gasteiger partial charge in [0.05, 0.1) is 0 Å². The third-order valence-electron chi connectivity index (χ3n) is 5.54. The minimum absolute atomic E-state index is 0.179. The lowest BCUT2D eigenvalue weighted by Gasteiger charge is -2.34. The van der Waals surface area contributed by atoms with Crippen LogP contribution in [0, 0.1) is 11.8 Å². The number of likely N-dealkylation sites (tertiary alicyclic amines) is 1. The van der Waals surface area contributed by atoms with E-state index in [-0.39, 0.29) is 17.7 Å². The van der Waals surface area contributed by atoms with E-state index in [1.165, 1.54) is 0 Å². The number of carbonyl (C=O) groups is 4. The Morgan fingerprint density at radius 2 is 1.65 bits per heavy atom. The number of carbonyl (C=O) groups excluding carboxylic acids is 3. The smallest absolute Gasteiger partial charge is 0.408 e. The number of amides is 3. The van der Waals surface area contributed by atoms with Crippen molar-refractivity contribution >= 4 is 23.9 Å². The van der Waals surface area contributed by atoms with Crippen molar-refractivity contribution in [3.8, 4) is 0 Å². The van der Waals surface area contributed by atoms with E-state index in [9.17, 15) is 24.3 Å². The van der Waals surface area contributed by atoms with Crippen molar-refractivity contribution in [1.29, 1.82) is 0 Å². The number of benzene rings is 1. The van der Waals surface area contributed by atoms with Crippen molar-refractivity contribution in [2.75, 3.05) is 13.1 Å². The molecular formula is C25H37N3O6. The highest BCUT2D eigenvalue weighted by molar-refractivity contribution is 5.87. The van der Waals surface area contributed by atoms with Crippen LogP contribution in [0.4, 0.5) is 4.79 Å². The largest absolute Gasteiger partial charge is 0.479 e. The van der Waals surface area contributed by atoms with Gasteiger partial charge in [0, 0.05) is 19.0 Å². The van der Waals surface area contributed by atoms with Gasteiger partial charge >= 0.3 is 12.1 Å². The number of alkyl carbamates (subject to hydrolysis) is 1. The van der Waals surface area contributed by atoms with Gasteiger partial charge in [0.1, 0.15) is 11.6 Å². The van der Waals surface area contributed by atoms with Crippen LogP contribution in [0.1, 0.15) is 65.5 Å². The second-order valence-electron chi connectivity index (χ2n) is 10.1. The Balaban J connectivity index is 1.96. The molecule has 0 unspecified atom stereocenters. The van der Waals surface area contributed by atoms with Crippen LogP contribution in [0.5, 0.6) is 0 Å². The first-order valence-corrected chi connectivity index (χ1v) is 11.7. The van der Waals surface area contributed by atoms with Gasteiger partial charge in [-0.2, -0.15) is 0 Å². The molecule has 0 aliphatic carbocycles. The van der Waals surface area contributed by atoms with Crippen molar-refractivity contribution < 1.29 is 29.0 Å². The Hall–Kier alpha value is -3.10. The zero-order chi connectivity index (χ0) is 25.5. The Morgan fingerprint density at radius 3 is 2.15 bits per heavy atom. The fourth-order valence-corrected chi connectivity index (χ4v) is 3.92. The number of rotatable bonds is 8. The van der Waals surface area contributed by atoms with Crippen LogP contribution in [0.25, 0.3) is 0 Å². The molecule has 0 saturated carbocycles. The summed E-state index contributed by atoms with van der Waals surface area (Å²) in [6.45, 7) is 9.92. The number of hydrogen-bond donors (Lipinski definition) is 3. The molecule has 1 fully saturated rings. The summed E-state index contributed by atoms with van der Waals surface area (Å²) in [6, 6.07) is 6.71. The van der Waals surface area contributed by atoms with Gasteiger partial charge in [0.25, 0.3) is 0 Å². The number of aliphatic carboxylic acids is 1. The van der Waals surface area contributed by atoms with E-state index in [2.05, 4.69) is 10.6 Å². The molecule has 3 amide bonds. The van der Waals surface area contributed by atoms with Crippen LogP contribution in [0.15, 0.2) is 30.3 Å². The summed E-state index contributed by atoms with van der Waals surface area (Å²) in [7, 11) is 0. The molecule has 9 heteroatoms. The average Bonchev–Trinajstić information content (AvgIpc) is 2.75. The van der Waals surface area contributed by atoms with Gasteiger partial charge in [-0.25, -0.2) is 9.59 Å². The van der Waals surface area contributed by atoms with E-state index < -0.39 is 35.7 Å². The minimum Gasteiger partial charge on any atom is -0.479 e. The van der Waals surface area contributed by atoms with Crippen LogP contribution in [-0.2, 0) is 19.1 Å². The zero-order valence-electron chi connectivity index (χ0n) is 20.7. The van der Waals surface area contributed by atoms with Gasteiger partial charge in [0.2, 0.25) is 11.8 Å². The van der Waals surface area contributed by atoms with Crippen molar-refractivity contribution in [3.63, 3.8) is 0 Å². The Bertz CT molecular complexity index is 857. The van der Waals surface area contributed by atoms with E-state index >= 15 is 0 Å². The van der Waals surface area contributed by atoms with Crippen molar-refractivity contribution in [1.82, 2.24) is 15.5 Å². The Kier molecular flexibility index (Phi) is 9.46. The summed E-state index contributed by atoms with van der Waals surface area (Å²) in [5.41, 5.74) is -0.171. The van der Waals surface area contributed by atoms with Crippen LogP contribution >= 0.6 is 0 Å². The summed E-state index contributed by atoms with van der Waals surface area (Å²) >= 11 is 0. The van der Waals surface area contributed by atoms with Crippen molar-refractivity contribution in [3.05, 3.63) is 35.9 Å². The highest BCUT2D eigenvalue weighted by Gasteiger charge is 2.34. The van der Waals surface area contributed by atoms with Crippen LogP contribution in [0.3, 0.4) is 0 Å². The summed E-state index contributed by atoms with van der Waals surface area (Å²) < 4.78 is 5.31. The second-order valence-corrected chi connectivity index (χ2v) is 10.1. The molecule has 1 aliphatic heterocycles. The van der Waals surface area contributed by atoms with Gasteiger partial charge in [-0.1, -0.05) is 44.2 Å². The van der Waals surface area contributed by atoms with Gasteiger partial charge in [-0.05, 0) is 51.5 Å². The first-order valence-electron chi connectivity index (χ1n) is 11.7. The number of hydrogen-bond acceptors (Lipinski definition) is 5. The average molecular weight is 476 g/mol. The second kappa shape index (κ2) is 11.9. The quantitative estimate of drug-likeness (QED) is 0.531. The predicted octanol–water partition coefficient (Wildman–Crippen LogP) is 3.11. The number of nitrogens with one attached hydrogen (secondary N) is 2. The molecule has 3 N–H and O–H groups in total. The monoisotopic (exact) mass is 475 g/mol. The number of nitrogens with zero attached hydrogens (tertiary/aromatic N) is 1. The summed E-state index contributed by atoms with van der Waals surface area (Å²) in [4.78, 5) is 51.5. The van der Waals surface area contributed by atoms with Crippen LogP contribution in [0.2, 0.25) is 0 Å². The fourth-order valence-electron chi connectivity index (χ4n) is 3.92. The highest BCUT2D eigenvalue weighted by Crippen LogP contribution is 2.22. The molecule has 9 nitrogen and oxygen atoms in total. The normalized spacial score (nSPS) is 16.5. The first kappa shape index (κ1) is 27.1. The van der Waals surface area contributed by atoms with Gasteiger partial charge < -0.3 is 25.4 Å². The molecule has 1 aromatic rings. The van der Waals surface area contributed by atoms with Crippen LogP contribution < -0.4 is 10.6 Å². The Labute approximate surface area is 201 Å². The number of carboxylic acid groups (broad SMARTS) is 1. The SMILES string of the molecule is CC(C)C[C@H](NC(=O)OC(C)(C)C)C(=O)N1CCC(C(=O)N[C@H](C(=O)O)c2ccccc2)CC1. The van der Waals surface area contributed by atoms with Crippen LogP contribution in [-0.4, -0.2) is 58.6 Å². The third-order valence-corrected chi connectivity index (χ3v) is 5.54. The summed E-state index contributed by atoms with van der Waals surface area (Å²) in [6.07, 6.45) is 0.663. The number of piperidine rings is 1. The molecule has 0 bridgehead atoms.